The average Bonchev–Trinajstić information content (AvgIpc) is 2.37. The molecule has 1 N–H and O–H groups in total. The molecular formula is C12H13F4NO3S. The molecule has 118 valence electrons. The van der Waals surface area contributed by atoms with Gasteiger partial charge >= 0.3 is 6.18 Å². The van der Waals surface area contributed by atoms with Crippen molar-refractivity contribution in [2.24, 2.45) is 0 Å². The summed E-state index contributed by atoms with van der Waals surface area (Å²) in [5.41, 5.74) is -1.24. The predicted octanol–water partition coefficient (Wildman–Crippen LogP) is 1.99. The number of sulfonamides is 1. The molecule has 0 aliphatic carbocycles. The lowest BCUT2D eigenvalue weighted by atomic mass is 10.1. The van der Waals surface area contributed by atoms with E-state index in [0.717, 1.165) is 4.31 Å². The topological polar surface area (TPSA) is 57.6 Å². The van der Waals surface area contributed by atoms with Gasteiger partial charge in [-0.2, -0.15) is 17.5 Å². The Balaban J connectivity index is 2.44. The standard InChI is InChI=1S/C12H13F4NO3S/c13-10-4-3-8(12(14,15)16)6-11(10)21(19,20)17-5-1-2-9(18)7-17/h3-4,6,9,18H,1-2,5,7H2. The fourth-order valence-corrected chi connectivity index (χ4v) is 3.76. The van der Waals surface area contributed by atoms with Gasteiger partial charge in [-0.15, -0.1) is 0 Å². The average molecular weight is 327 g/mol. The molecule has 4 nitrogen and oxygen atoms in total. The Hall–Kier alpha value is -1.19. The van der Waals surface area contributed by atoms with Crippen molar-refractivity contribution in [3.05, 3.63) is 29.6 Å². The van der Waals surface area contributed by atoms with E-state index in [4.69, 9.17) is 0 Å². The van der Waals surface area contributed by atoms with Gasteiger partial charge in [0.25, 0.3) is 0 Å². The lowest BCUT2D eigenvalue weighted by Gasteiger charge is -2.29. The van der Waals surface area contributed by atoms with E-state index in [-0.39, 0.29) is 19.2 Å². The largest absolute Gasteiger partial charge is 0.416 e. The van der Waals surface area contributed by atoms with Crippen molar-refractivity contribution < 1.29 is 31.1 Å². The van der Waals surface area contributed by atoms with Gasteiger partial charge in [0, 0.05) is 13.1 Å². The van der Waals surface area contributed by atoms with Crippen molar-refractivity contribution in [3.8, 4) is 0 Å². The van der Waals surface area contributed by atoms with Crippen LogP contribution in [0.4, 0.5) is 17.6 Å². The molecule has 1 fully saturated rings. The van der Waals surface area contributed by atoms with Gasteiger partial charge in [-0.25, -0.2) is 12.8 Å². The molecule has 1 unspecified atom stereocenters. The van der Waals surface area contributed by atoms with E-state index in [9.17, 15) is 31.1 Å². The third kappa shape index (κ3) is 3.35. The van der Waals surface area contributed by atoms with Crippen LogP contribution in [-0.2, 0) is 16.2 Å². The SMILES string of the molecule is O=S(=O)(c1cc(C(F)(F)F)ccc1F)N1CCCC(O)C1. The second kappa shape index (κ2) is 5.54. The van der Waals surface area contributed by atoms with Crippen LogP contribution in [0.5, 0.6) is 0 Å². The zero-order valence-corrected chi connectivity index (χ0v) is 11.6. The van der Waals surface area contributed by atoms with Crippen molar-refractivity contribution >= 4 is 10.0 Å². The quantitative estimate of drug-likeness (QED) is 0.845. The molecule has 0 radical (unpaired) electrons. The molecular weight excluding hydrogens is 314 g/mol. The summed E-state index contributed by atoms with van der Waals surface area (Å²) in [6.45, 7) is -0.215. The number of halogens is 4. The maximum atomic E-state index is 13.7. The fourth-order valence-electron chi connectivity index (χ4n) is 2.16. The Morgan fingerprint density at radius 2 is 1.95 bits per heavy atom. The highest BCUT2D eigenvalue weighted by Gasteiger charge is 2.36. The Kier molecular flexibility index (Phi) is 4.27. The number of hydrogen-bond acceptors (Lipinski definition) is 3. The van der Waals surface area contributed by atoms with Gasteiger partial charge < -0.3 is 5.11 Å². The van der Waals surface area contributed by atoms with Crippen LogP contribution in [0, 0.1) is 5.82 Å². The molecule has 9 heteroatoms. The van der Waals surface area contributed by atoms with Gasteiger partial charge in [0.2, 0.25) is 10.0 Å². The summed E-state index contributed by atoms with van der Waals surface area (Å²) in [6.07, 6.45) is -4.90. The van der Waals surface area contributed by atoms with Gasteiger partial charge in [-0.05, 0) is 31.0 Å². The fraction of sp³-hybridized carbons (Fsp3) is 0.500. The minimum atomic E-state index is -4.76. The number of aliphatic hydroxyl groups is 1. The van der Waals surface area contributed by atoms with Crippen LogP contribution in [0.25, 0.3) is 0 Å². The number of piperidine rings is 1. The van der Waals surface area contributed by atoms with Gasteiger partial charge in [-0.1, -0.05) is 0 Å². The molecule has 1 aromatic carbocycles. The van der Waals surface area contributed by atoms with Crippen LogP contribution in [-0.4, -0.2) is 37.0 Å². The Morgan fingerprint density at radius 3 is 2.52 bits per heavy atom. The first kappa shape index (κ1) is 16.2. The van der Waals surface area contributed by atoms with E-state index < -0.39 is 38.6 Å². The smallest absolute Gasteiger partial charge is 0.392 e. The molecule has 1 aromatic rings. The monoisotopic (exact) mass is 327 g/mol. The van der Waals surface area contributed by atoms with E-state index in [1.807, 2.05) is 0 Å². The zero-order valence-electron chi connectivity index (χ0n) is 10.8. The summed E-state index contributed by atoms with van der Waals surface area (Å²) >= 11 is 0. The Labute approximate surface area is 119 Å². The number of benzene rings is 1. The van der Waals surface area contributed by atoms with E-state index in [0.29, 0.717) is 25.0 Å². The lowest BCUT2D eigenvalue weighted by Crippen LogP contribution is -2.42. The molecule has 2 rings (SSSR count). The number of alkyl halides is 3. The molecule has 21 heavy (non-hydrogen) atoms. The number of aliphatic hydroxyl groups excluding tert-OH is 1. The number of nitrogens with zero attached hydrogens (tertiary/aromatic N) is 1. The second-order valence-electron chi connectivity index (χ2n) is 4.80. The molecule has 1 aliphatic rings. The first-order valence-corrected chi connectivity index (χ1v) is 7.61. The van der Waals surface area contributed by atoms with Gasteiger partial charge in [0.1, 0.15) is 10.7 Å². The van der Waals surface area contributed by atoms with Crippen LogP contribution in [0.2, 0.25) is 0 Å². The summed E-state index contributed by atoms with van der Waals surface area (Å²) in [4.78, 5) is -1.02. The maximum Gasteiger partial charge on any atom is 0.416 e. The van der Waals surface area contributed by atoms with Crippen molar-refractivity contribution in [3.63, 3.8) is 0 Å². The molecule has 1 aliphatic heterocycles. The van der Waals surface area contributed by atoms with Gasteiger partial charge in [0.15, 0.2) is 0 Å². The molecule has 1 saturated heterocycles. The molecule has 1 atom stereocenters. The Morgan fingerprint density at radius 1 is 1.29 bits per heavy atom. The van der Waals surface area contributed by atoms with E-state index in [2.05, 4.69) is 0 Å². The van der Waals surface area contributed by atoms with Crippen molar-refractivity contribution in [2.75, 3.05) is 13.1 Å². The molecule has 0 saturated carbocycles. The Bertz CT molecular complexity index is 630. The first-order valence-electron chi connectivity index (χ1n) is 6.17. The maximum absolute atomic E-state index is 13.7. The molecule has 0 amide bonds. The lowest BCUT2D eigenvalue weighted by molar-refractivity contribution is -0.137. The van der Waals surface area contributed by atoms with Crippen molar-refractivity contribution in [2.45, 2.75) is 30.0 Å². The summed E-state index contributed by atoms with van der Waals surface area (Å²) in [5.74, 6) is -1.25. The second-order valence-corrected chi connectivity index (χ2v) is 6.71. The minimum Gasteiger partial charge on any atom is -0.392 e. The summed E-state index contributed by atoms with van der Waals surface area (Å²) in [5, 5.41) is 9.46. The van der Waals surface area contributed by atoms with Crippen molar-refractivity contribution in [1.82, 2.24) is 4.31 Å². The third-order valence-electron chi connectivity index (χ3n) is 3.24. The van der Waals surface area contributed by atoms with Crippen LogP contribution in [0.1, 0.15) is 18.4 Å². The normalized spacial score (nSPS) is 21.5. The van der Waals surface area contributed by atoms with Crippen molar-refractivity contribution in [1.29, 1.82) is 0 Å². The molecule has 0 spiro atoms. The highest BCUT2D eigenvalue weighted by atomic mass is 32.2. The number of hydrogen-bond donors (Lipinski definition) is 1. The summed E-state index contributed by atoms with van der Waals surface area (Å²) in [6, 6.07) is 1.25. The third-order valence-corrected chi connectivity index (χ3v) is 5.12. The number of rotatable bonds is 2. The molecule has 0 aromatic heterocycles. The van der Waals surface area contributed by atoms with E-state index >= 15 is 0 Å². The number of β-amino-alcohol motifs (C(OH)–C–C–N with tert-alkyl or cyclic N) is 1. The van der Waals surface area contributed by atoms with Crippen LogP contribution < -0.4 is 0 Å². The van der Waals surface area contributed by atoms with E-state index in [1.54, 1.807) is 0 Å². The minimum absolute atomic E-state index is 0.0368. The summed E-state index contributed by atoms with van der Waals surface area (Å²) < 4.78 is 76.8. The van der Waals surface area contributed by atoms with Crippen LogP contribution in [0.15, 0.2) is 23.1 Å². The molecule has 0 bridgehead atoms. The van der Waals surface area contributed by atoms with Crippen LogP contribution in [0.3, 0.4) is 0 Å². The highest BCUT2D eigenvalue weighted by molar-refractivity contribution is 7.89. The van der Waals surface area contributed by atoms with Gasteiger partial charge in [-0.3, -0.25) is 0 Å². The highest BCUT2D eigenvalue weighted by Crippen LogP contribution is 2.32. The summed E-state index contributed by atoms with van der Waals surface area (Å²) in [7, 11) is -4.41. The predicted molar refractivity (Wildman–Crippen MR) is 65.4 cm³/mol. The zero-order chi connectivity index (χ0) is 15.8. The van der Waals surface area contributed by atoms with Crippen LogP contribution >= 0.6 is 0 Å². The molecule has 1 heterocycles. The van der Waals surface area contributed by atoms with Gasteiger partial charge in [0.05, 0.1) is 11.7 Å². The van der Waals surface area contributed by atoms with E-state index in [1.165, 1.54) is 0 Å². The first-order chi connectivity index (χ1) is 9.62.